The highest BCUT2D eigenvalue weighted by atomic mass is 79.9. The van der Waals surface area contributed by atoms with E-state index < -0.39 is 11.9 Å². The quantitative estimate of drug-likeness (QED) is 0.604. The second-order valence-corrected chi connectivity index (χ2v) is 10.5. The molecule has 2 aromatic carbocycles. The second-order valence-electron chi connectivity index (χ2n) is 9.68. The predicted molar refractivity (Wildman–Crippen MR) is 133 cm³/mol. The summed E-state index contributed by atoms with van der Waals surface area (Å²) in [5, 5.41) is 2.33. The van der Waals surface area contributed by atoms with Gasteiger partial charge in [-0.1, -0.05) is 28.1 Å². The number of fused-ring (bicyclic) bond motifs is 2. The molecule has 182 valence electrons. The first-order valence-electron chi connectivity index (χ1n) is 11.7. The number of carbonyl (C=O) groups excluding carboxylic acids is 4. The molecule has 3 aliphatic heterocycles. The van der Waals surface area contributed by atoms with Crippen molar-refractivity contribution in [2.24, 2.45) is 0 Å². The summed E-state index contributed by atoms with van der Waals surface area (Å²) in [7, 11) is 3.98. The number of nitrogens with one attached hydrogen (secondary N) is 1. The van der Waals surface area contributed by atoms with Crippen molar-refractivity contribution >= 4 is 39.6 Å². The molecule has 5 rings (SSSR count). The Morgan fingerprint density at radius 2 is 1.91 bits per heavy atom. The molecular formula is C26H27BrN4O4. The minimum absolute atomic E-state index is 0.0859. The van der Waals surface area contributed by atoms with E-state index in [2.05, 4.69) is 32.2 Å². The van der Waals surface area contributed by atoms with Crippen molar-refractivity contribution < 1.29 is 19.2 Å². The summed E-state index contributed by atoms with van der Waals surface area (Å²) in [6.07, 6.45) is 0.499. The average molecular weight is 539 g/mol. The molecule has 0 spiro atoms. The van der Waals surface area contributed by atoms with E-state index in [1.807, 2.05) is 38.1 Å². The zero-order valence-corrected chi connectivity index (χ0v) is 21.5. The number of rotatable bonds is 4. The molecule has 0 bridgehead atoms. The van der Waals surface area contributed by atoms with Crippen molar-refractivity contribution in [2.45, 2.75) is 44.4 Å². The van der Waals surface area contributed by atoms with E-state index in [1.165, 1.54) is 0 Å². The first-order chi connectivity index (χ1) is 16.7. The number of nitrogens with zero attached hydrogens (tertiary/aromatic N) is 3. The molecular weight excluding hydrogens is 512 g/mol. The number of likely N-dealkylation sites (N-methyl/N-ethyl adjacent to an activating group) is 1. The fourth-order valence-corrected chi connectivity index (χ4v) is 5.99. The molecule has 0 aromatic heterocycles. The molecule has 0 unspecified atom stereocenters. The highest BCUT2D eigenvalue weighted by molar-refractivity contribution is 9.10. The number of amides is 4. The van der Waals surface area contributed by atoms with Crippen LogP contribution in [0.15, 0.2) is 40.9 Å². The topological polar surface area (TPSA) is 90.0 Å². The normalized spacial score (nSPS) is 23.6. The van der Waals surface area contributed by atoms with E-state index >= 15 is 0 Å². The number of carbonyl (C=O) groups is 4. The first kappa shape index (κ1) is 23.7. The average Bonchev–Trinajstić information content (AvgIpc) is 3.29. The Bertz CT molecular complexity index is 1260. The van der Waals surface area contributed by atoms with Gasteiger partial charge in [0.1, 0.15) is 6.04 Å². The van der Waals surface area contributed by atoms with Crippen molar-refractivity contribution in [3.05, 3.63) is 68.7 Å². The van der Waals surface area contributed by atoms with E-state index in [0.717, 1.165) is 21.2 Å². The smallest absolute Gasteiger partial charge is 0.255 e. The third-order valence-electron chi connectivity index (χ3n) is 7.19. The summed E-state index contributed by atoms with van der Waals surface area (Å²) >= 11 is 3.63. The van der Waals surface area contributed by atoms with Crippen LogP contribution in [0.25, 0.3) is 0 Å². The van der Waals surface area contributed by atoms with Crippen LogP contribution < -0.4 is 5.32 Å². The Hall–Kier alpha value is -3.04. The van der Waals surface area contributed by atoms with Crippen LogP contribution in [-0.2, 0) is 16.1 Å². The van der Waals surface area contributed by atoms with E-state index in [0.29, 0.717) is 30.6 Å². The van der Waals surface area contributed by atoms with Gasteiger partial charge in [-0.15, -0.1) is 0 Å². The molecule has 0 radical (unpaired) electrons. The Morgan fingerprint density at radius 1 is 1.14 bits per heavy atom. The number of hydrogen-bond donors (Lipinski definition) is 1. The zero-order valence-electron chi connectivity index (χ0n) is 19.9. The van der Waals surface area contributed by atoms with Gasteiger partial charge in [-0.3, -0.25) is 24.5 Å². The summed E-state index contributed by atoms with van der Waals surface area (Å²) in [4.78, 5) is 56.5. The van der Waals surface area contributed by atoms with Gasteiger partial charge in [-0.05, 0) is 68.4 Å². The lowest BCUT2D eigenvalue weighted by Gasteiger charge is -2.33. The maximum atomic E-state index is 13.8. The Kier molecular flexibility index (Phi) is 6.01. The third kappa shape index (κ3) is 3.96. The van der Waals surface area contributed by atoms with Gasteiger partial charge < -0.3 is 14.7 Å². The van der Waals surface area contributed by atoms with Crippen LogP contribution >= 0.6 is 15.9 Å². The molecule has 1 N–H and O–H groups in total. The van der Waals surface area contributed by atoms with Gasteiger partial charge in [0.25, 0.3) is 11.8 Å². The van der Waals surface area contributed by atoms with Gasteiger partial charge in [-0.2, -0.15) is 0 Å². The second kappa shape index (κ2) is 8.87. The molecule has 8 nitrogen and oxygen atoms in total. The zero-order chi connectivity index (χ0) is 25.0. The molecule has 35 heavy (non-hydrogen) atoms. The van der Waals surface area contributed by atoms with Crippen LogP contribution in [-0.4, -0.2) is 65.0 Å². The van der Waals surface area contributed by atoms with Crippen LogP contribution in [0.5, 0.6) is 0 Å². The lowest BCUT2D eigenvalue weighted by Crippen LogP contribution is -2.53. The van der Waals surface area contributed by atoms with Gasteiger partial charge >= 0.3 is 0 Å². The van der Waals surface area contributed by atoms with Crippen molar-refractivity contribution in [1.82, 2.24) is 20.0 Å². The van der Waals surface area contributed by atoms with Crippen molar-refractivity contribution in [3.8, 4) is 0 Å². The van der Waals surface area contributed by atoms with E-state index in [9.17, 15) is 19.2 Å². The number of piperidine rings is 1. The largest absolute Gasteiger partial charge is 0.326 e. The molecule has 0 aliphatic carbocycles. The Labute approximate surface area is 212 Å². The summed E-state index contributed by atoms with van der Waals surface area (Å²) in [5.74, 6) is -1.11. The maximum Gasteiger partial charge on any atom is 0.255 e. The monoisotopic (exact) mass is 538 g/mol. The number of halogens is 1. The fraction of sp³-hybridized carbons (Fsp3) is 0.385. The van der Waals surface area contributed by atoms with E-state index in [-0.39, 0.29) is 36.2 Å². The number of imide groups is 1. The molecule has 9 heteroatoms. The Balaban J connectivity index is 1.44. The molecule has 3 heterocycles. The fourth-order valence-electron chi connectivity index (χ4n) is 5.48. The van der Waals surface area contributed by atoms with Crippen molar-refractivity contribution in [3.63, 3.8) is 0 Å². The lowest BCUT2D eigenvalue weighted by molar-refractivity contribution is -0.137. The van der Waals surface area contributed by atoms with E-state index in [4.69, 9.17) is 0 Å². The molecule has 1 saturated heterocycles. The minimum Gasteiger partial charge on any atom is -0.326 e. The van der Waals surface area contributed by atoms with Gasteiger partial charge in [0.05, 0.1) is 12.1 Å². The van der Waals surface area contributed by atoms with Crippen LogP contribution in [0, 0.1) is 0 Å². The van der Waals surface area contributed by atoms with Gasteiger partial charge in [0.2, 0.25) is 11.8 Å². The lowest BCUT2D eigenvalue weighted by atomic mass is 10.00. The van der Waals surface area contributed by atoms with Gasteiger partial charge in [0.15, 0.2) is 0 Å². The molecule has 4 amide bonds. The summed E-state index contributed by atoms with van der Waals surface area (Å²) in [6.45, 7) is 3.06. The molecule has 2 aromatic rings. The van der Waals surface area contributed by atoms with Crippen LogP contribution in [0.3, 0.4) is 0 Å². The standard InChI is InChI=1S/C26H27BrN4O4/c1-14-18-11-15(7-8-17(18)26(35)31(14)21-9-10-23(32)28-24(21)33)25(34)30-12-19-16(5-4-6-20(19)27)22(30)13-29(2)3/h4-8,11,14,21-22H,9-10,12-13H2,1-3H3,(H,28,32,33)/t14-,21+,22+/m1/s1. The predicted octanol–water partition coefficient (Wildman–Crippen LogP) is 3.03. The van der Waals surface area contributed by atoms with Crippen LogP contribution in [0.4, 0.5) is 0 Å². The molecule has 1 fully saturated rings. The van der Waals surface area contributed by atoms with Crippen LogP contribution in [0.1, 0.15) is 69.3 Å². The maximum absolute atomic E-state index is 13.8. The van der Waals surface area contributed by atoms with Crippen molar-refractivity contribution in [1.29, 1.82) is 0 Å². The number of hydrogen-bond acceptors (Lipinski definition) is 5. The van der Waals surface area contributed by atoms with Crippen molar-refractivity contribution in [2.75, 3.05) is 20.6 Å². The third-order valence-corrected chi connectivity index (χ3v) is 7.94. The summed E-state index contributed by atoms with van der Waals surface area (Å²) in [6, 6.07) is 10.1. The summed E-state index contributed by atoms with van der Waals surface area (Å²) < 4.78 is 0.988. The molecule has 3 aliphatic rings. The highest BCUT2D eigenvalue weighted by Gasteiger charge is 2.44. The van der Waals surface area contributed by atoms with Gasteiger partial charge in [0, 0.05) is 35.1 Å². The van der Waals surface area contributed by atoms with Gasteiger partial charge in [-0.25, -0.2) is 0 Å². The summed E-state index contributed by atoms with van der Waals surface area (Å²) in [5.41, 5.74) is 3.99. The van der Waals surface area contributed by atoms with Crippen LogP contribution in [0.2, 0.25) is 0 Å². The minimum atomic E-state index is -0.698. The SMILES string of the molecule is C[C@@H]1c2cc(C(=O)N3Cc4c(Br)cccc4[C@@H]3CN(C)C)ccc2C(=O)N1[C@H]1CCC(=O)NC1=O. The molecule has 3 atom stereocenters. The van der Waals surface area contributed by atoms with E-state index in [1.54, 1.807) is 23.1 Å². The highest BCUT2D eigenvalue weighted by Crippen LogP contribution is 2.40. The number of benzene rings is 2. The first-order valence-corrected chi connectivity index (χ1v) is 12.5. The molecule has 0 saturated carbocycles. The Morgan fingerprint density at radius 3 is 2.63 bits per heavy atom.